The van der Waals surface area contributed by atoms with Crippen molar-refractivity contribution in [2.75, 3.05) is 13.9 Å². The van der Waals surface area contributed by atoms with E-state index < -0.39 is 5.82 Å². The summed E-state index contributed by atoms with van der Waals surface area (Å²) in [6.45, 7) is 0.234. The molecule has 3 heterocycles. The smallest absolute Gasteiger partial charge is 0.231 e. The third kappa shape index (κ3) is 4.72. The quantitative estimate of drug-likeness (QED) is 0.188. The molecule has 188 valence electrons. The summed E-state index contributed by atoms with van der Waals surface area (Å²) >= 11 is 15.6. The molecule has 0 aliphatic carbocycles. The van der Waals surface area contributed by atoms with Gasteiger partial charge in [-0.15, -0.1) is 10.2 Å². The van der Waals surface area contributed by atoms with Crippen LogP contribution in [0.4, 0.5) is 4.39 Å². The molecule has 5 aromatic rings. The Hall–Kier alpha value is -2.98. The van der Waals surface area contributed by atoms with Gasteiger partial charge in [-0.25, -0.2) is 4.39 Å². The summed E-state index contributed by atoms with van der Waals surface area (Å²) in [5.41, 5.74) is 3.72. The van der Waals surface area contributed by atoms with Crippen molar-refractivity contribution in [2.24, 2.45) is 0 Å². The van der Waals surface area contributed by atoms with Crippen LogP contribution in [-0.2, 0) is 12.2 Å². The van der Waals surface area contributed by atoms with Gasteiger partial charge in [0.05, 0.1) is 22.8 Å². The van der Waals surface area contributed by atoms with Gasteiger partial charge in [-0.05, 0) is 53.6 Å². The first kappa shape index (κ1) is 24.4. The Labute approximate surface area is 229 Å². The van der Waals surface area contributed by atoms with Crippen LogP contribution >= 0.6 is 46.3 Å². The number of hydrogen-bond donors (Lipinski definition) is 0. The van der Waals surface area contributed by atoms with E-state index in [-0.39, 0.29) is 11.8 Å². The SMILES string of the molecule is COc1ccc(Cc2sc3nnc(SCc4ccc5c(c4)OCO5)n3c2-c2ccc(F)c(Cl)c2)cc1Cl. The topological polar surface area (TPSA) is 57.9 Å². The van der Waals surface area contributed by atoms with Gasteiger partial charge in [-0.1, -0.05) is 58.4 Å². The molecule has 11 heteroatoms. The van der Waals surface area contributed by atoms with Gasteiger partial charge in [-0.3, -0.25) is 4.40 Å². The monoisotopic (exact) mass is 573 g/mol. The minimum atomic E-state index is -0.471. The Balaban J connectivity index is 1.39. The number of hydrogen-bond acceptors (Lipinski definition) is 7. The second-order valence-electron chi connectivity index (χ2n) is 8.23. The van der Waals surface area contributed by atoms with Crippen molar-refractivity contribution in [3.05, 3.63) is 86.5 Å². The van der Waals surface area contributed by atoms with Crippen LogP contribution in [0.5, 0.6) is 17.2 Å². The van der Waals surface area contributed by atoms with Gasteiger partial charge in [-0.2, -0.15) is 0 Å². The molecule has 1 aliphatic heterocycles. The molecule has 0 atom stereocenters. The fraction of sp³-hybridized carbons (Fsp3) is 0.154. The predicted molar refractivity (Wildman–Crippen MR) is 144 cm³/mol. The average Bonchev–Trinajstić information content (AvgIpc) is 3.60. The third-order valence-electron chi connectivity index (χ3n) is 5.88. The molecular weight excluding hydrogens is 556 g/mol. The minimum absolute atomic E-state index is 0.0536. The summed E-state index contributed by atoms with van der Waals surface area (Å²) in [6, 6.07) is 16.3. The number of benzene rings is 3. The number of fused-ring (bicyclic) bond motifs is 2. The van der Waals surface area contributed by atoms with Gasteiger partial charge in [0, 0.05) is 22.6 Å². The number of methoxy groups -OCH3 is 1. The van der Waals surface area contributed by atoms with Gasteiger partial charge in [0.1, 0.15) is 11.6 Å². The zero-order chi connectivity index (χ0) is 25.5. The maximum absolute atomic E-state index is 14.0. The first-order valence-electron chi connectivity index (χ1n) is 11.2. The van der Waals surface area contributed by atoms with Crippen LogP contribution in [0, 0.1) is 5.82 Å². The molecule has 0 N–H and O–H groups in total. The number of aromatic nitrogens is 3. The minimum Gasteiger partial charge on any atom is -0.495 e. The van der Waals surface area contributed by atoms with Crippen molar-refractivity contribution in [3.8, 4) is 28.5 Å². The van der Waals surface area contributed by atoms with Crippen molar-refractivity contribution in [3.63, 3.8) is 0 Å². The lowest BCUT2D eigenvalue weighted by Gasteiger charge is -2.10. The maximum Gasteiger partial charge on any atom is 0.231 e. The fourth-order valence-electron chi connectivity index (χ4n) is 4.13. The fourth-order valence-corrected chi connectivity index (χ4v) is 6.64. The lowest BCUT2D eigenvalue weighted by Crippen LogP contribution is -1.96. The number of halogens is 3. The lowest BCUT2D eigenvalue weighted by atomic mass is 10.1. The number of thiazole rings is 1. The highest BCUT2D eigenvalue weighted by molar-refractivity contribution is 7.98. The van der Waals surface area contributed by atoms with Crippen LogP contribution in [0.25, 0.3) is 16.2 Å². The van der Waals surface area contributed by atoms with Crippen molar-refractivity contribution < 1.29 is 18.6 Å². The Morgan fingerprint density at radius 3 is 2.65 bits per heavy atom. The first-order chi connectivity index (χ1) is 18.0. The molecule has 0 radical (unpaired) electrons. The molecule has 0 bridgehead atoms. The van der Waals surface area contributed by atoms with Gasteiger partial charge < -0.3 is 14.2 Å². The molecule has 0 saturated heterocycles. The van der Waals surface area contributed by atoms with E-state index in [1.165, 1.54) is 17.4 Å². The molecule has 6 nitrogen and oxygen atoms in total. The second kappa shape index (κ2) is 10.1. The Kier molecular flexibility index (Phi) is 6.62. The van der Waals surface area contributed by atoms with Gasteiger partial charge in [0.2, 0.25) is 11.8 Å². The molecule has 0 amide bonds. The van der Waals surface area contributed by atoms with Crippen LogP contribution in [-0.4, -0.2) is 28.5 Å². The molecule has 0 spiro atoms. The zero-order valence-electron chi connectivity index (χ0n) is 19.3. The van der Waals surface area contributed by atoms with Gasteiger partial charge >= 0.3 is 0 Å². The molecule has 2 aromatic heterocycles. The molecule has 0 fully saturated rings. The van der Waals surface area contributed by atoms with E-state index in [0.717, 1.165) is 48.9 Å². The third-order valence-corrected chi connectivity index (χ3v) is 8.50. The Morgan fingerprint density at radius 1 is 1.00 bits per heavy atom. The highest BCUT2D eigenvalue weighted by Crippen LogP contribution is 2.39. The van der Waals surface area contributed by atoms with E-state index in [2.05, 4.69) is 10.2 Å². The molecular formula is C26H18Cl2FN3O3S2. The summed E-state index contributed by atoms with van der Waals surface area (Å²) in [5, 5.41) is 10.2. The van der Waals surface area contributed by atoms with E-state index in [1.54, 1.807) is 31.0 Å². The van der Waals surface area contributed by atoms with Crippen LogP contribution < -0.4 is 14.2 Å². The van der Waals surface area contributed by atoms with Crippen molar-refractivity contribution in [2.45, 2.75) is 17.3 Å². The van der Waals surface area contributed by atoms with E-state index in [9.17, 15) is 4.39 Å². The number of ether oxygens (including phenoxy) is 3. The highest BCUT2D eigenvalue weighted by Gasteiger charge is 2.22. The Morgan fingerprint density at radius 2 is 1.84 bits per heavy atom. The lowest BCUT2D eigenvalue weighted by molar-refractivity contribution is 0.174. The van der Waals surface area contributed by atoms with Crippen LogP contribution in [0.15, 0.2) is 59.8 Å². The summed E-state index contributed by atoms with van der Waals surface area (Å²) in [4.78, 5) is 1.76. The van der Waals surface area contributed by atoms with Crippen molar-refractivity contribution >= 4 is 51.3 Å². The van der Waals surface area contributed by atoms with Crippen molar-refractivity contribution in [1.29, 1.82) is 0 Å². The number of thioether (sulfide) groups is 1. The number of nitrogens with zero attached hydrogens (tertiary/aromatic N) is 3. The van der Waals surface area contributed by atoms with E-state index in [4.69, 9.17) is 37.4 Å². The summed E-state index contributed by atoms with van der Waals surface area (Å²) in [6.07, 6.45) is 0.592. The molecule has 6 rings (SSSR count). The zero-order valence-corrected chi connectivity index (χ0v) is 22.5. The molecule has 3 aromatic carbocycles. The summed E-state index contributed by atoms with van der Waals surface area (Å²) in [7, 11) is 1.58. The Bertz CT molecular complexity index is 1640. The largest absolute Gasteiger partial charge is 0.495 e. The standard InChI is InChI=1S/C26H18Cl2FN3O3S2/c1-33-20-6-2-14(8-18(20)28)10-23-24(16-4-5-19(29)17(27)11-16)32-25(30-31-26(32)37-23)36-12-15-3-7-21-22(9-15)35-13-34-21/h2-9,11H,10,12-13H2,1H3. The summed E-state index contributed by atoms with van der Waals surface area (Å²) < 4.78 is 32.2. The van der Waals surface area contributed by atoms with Crippen LogP contribution in [0.2, 0.25) is 10.0 Å². The normalized spacial score (nSPS) is 12.4. The number of rotatable bonds is 7. The highest BCUT2D eigenvalue weighted by atomic mass is 35.5. The summed E-state index contributed by atoms with van der Waals surface area (Å²) in [5.74, 6) is 2.28. The van der Waals surface area contributed by atoms with Crippen LogP contribution in [0.3, 0.4) is 0 Å². The molecule has 0 unspecified atom stereocenters. The van der Waals surface area contributed by atoms with E-state index in [1.807, 2.05) is 40.8 Å². The maximum atomic E-state index is 14.0. The molecule has 37 heavy (non-hydrogen) atoms. The first-order valence-corrected chi connectivity index (χ1v) is 13.7. The predicted octanol–water partition coefficient (Wildman–Crippen LogP) is 7.52. The van der Waals surface area contributed by atoms with Crippen LogP contribution in [0.1, 0.15) is 16.0 Å². The van der Waals surface area contributed by atoms with E-state index in [0.29, 0.717) is 22.9 Å². The average molecular weight is 574 g/mol. The van der Waals surface area contributed by atoms with Gasteiger partial charge in [0.25, 0.3) is 0 Å². The van der Waals surface area contributed by atoms with Crippen molar-refractivity contribution in [1.82, 2.24) is 14.6 Å². The van der Waals surface area contributed by atoms with E-state index >= 15 is 0 Å². The molecule has 0 saturated carbocycles. The van der Waals surface area contributed by atoms with Gasteiger partial charge in [0.15, 0.2) is 16.7 Å². The molecule has 1 aliphatic rings. The second-order valence-corrected chi connectivity index (χ2v) is 11.0.